The molecule has 2 nitrogen and oxygen atoms in total. The predicted molar refractivity (Wildman–Crippen MR) is 92.4 cm³/mol. The minimum Gasteiger partial charge on any atom is -1.00 e. The zero-order valence-corrected chi connectivity index (χ0v) is 15.0. The second kappa shape index (κ2) is 6.54. The first-order valence-electron chi connectivity index (χ1n) is 7.45. The standard InChI is InChI=1S/C20H16N2.HI/c1-22-18(12-10-15-6-3-5-9-20(15)22)13-11-17-14-16-7-2-4-8-19(16)21-17;/h2-14H,1H3;1H. The number of rotatable bonds is 2. The Morgan fingerprint density at radius 2 is 1.57 bits per heavy atom. The van der Waals surface area contributed by atoms with E-state index in [1.165, 1.54) is 27.5 Å². The van der Waals surface area contributed by atoms with Crippen LogP contribution in [-0.2, 0) is 7.05 Å². The molecule has 0 bridgehead atoms. The summed E-state index contributed by atoms with van der Waals surface area (Å²) >= 11 is 0. The lowest BCUT2D eigenvalue weighted by atomic mass is 10.2. The zero-order valence-electron chi connectivity index (χ0n) is 12.8. The van der Waals surface area contributed by atoms with E-state index >= 15 is 0 Å². The van der Waals surface area contributed by atoms with E-state index in [0.29, 0.717) is 0 Å². The van der Waals surface area contributed by atoms with E-state index in [4.69, 9.17) is 0 Å². The predicted octanol–water partition coefficient (Wildman–Crippen LogP) is 1.32. The molecule has 2 aromatic heterocycles. The Hall–Kier alpha value is -2.14. The molecule has 0 radical (unpaired) electrons. The van der Waals surface area contributed by atoms with Gasteiger partial charge in [-0.1, -0.05) is 30.3 Å². The molecule has 114 valence electrons. The molecular weight excluding hydrogens is 395 g/mol. The lowest BCUT2D eigenvalue weighted by Crippen LogP contribution is -3.00. The van der Waals surface area contributed by atoms with Gasteiger partial charge in [0.05, 0.1) is 0 Å². The van der Waals surface area contributed by atoms with E-state index < -0.39 is 0 Å². The first-order chi connectivity index (χ1) is 10.8. The van der Waals surface area contributed by atoms with Crippen molar-refractivity contribution in [3.8, 4) is 0 Å². The molecule has 4 aromatic rings. The van der Waals surface area contributed by atoms with Crippen LogP contribution in [0.3, 0.4) is 0 Å². The second-order valence-corrected chi connectivity index (χ2v) is 5.52. The fourth-order valence-corrected chi connectivity index (χ4v) is 2.89. The second-order valence-electron chi connectivity index (χ2n) is 5.52. The molecule has 0 spiro atoms. The Bertz CT molecular complexity index is 966. The van der Waals surface area contributed by atoms with Gasteiger partial charge in [-0.3, -0.25) is 0 Å². The van der Waals surface area contributed by atoms with Crippen LogP contribution in [-0.4, -0.2) is 4.98 Å². The first kappa shape index (κ1) is 15.7. The molecule has 0 saturated carbocycles. The minimum atomic E-state index is 0. The Labute approximate surface area is 152 Å². The largest absolute Gasteiger partial charge is 1.00 e. The Morgan fingerprint density at radius 1 is 0.826 bits per heavy atom. The number of aromatic amines is 1. The fourth-order valence-electron chi connectivity index (χ4n) is 2.89. The highest BCUT2D eigenvalue weighted by Gasteiger charge is 2.08. The lowest BCUT2D eigenvalue weighted by Gasteiger charge is -1.99. The third kappa shape index (κ3) is 3.01. The number of aromatic nitrogens is 2. The first-order valence-corrected chi connectivity index (χ1v) is 7.45. The van der Waals surface area contributed by atoms with Crippen LogP contribution < -0.4 is 28.5 Å². The van der Waals surface area contributed by atoms with E-state index in [1.807, 2.05) is 0 Å². The molecular formula is C20H17IN2. The van der Waals surface area contributed by atoms with Crippen LogP contribution in [0, 0.1) is 0 Å². The summed E-state index contributed by atoms with van der Waals surface area (Å²) in [5.74, 6) is 0. The van der Waals surface area contributed by atoms with Gasteiger partial charge in [0.25, 0.3) is 0 Å². The van der Waals surface area contributed by atoms with Crippen molar-refractivity contribution in [2.75, 3.05) is 0 Å². The van der Waals surface area contributed by atoms with Crippen molar-refractivity contribution in [2.45, 2.75) is 0 Å². The third-order valence-electron chi connectivity index (χ3n) is 4.10. The van der Waals surface area contributed by atoms with Gasteiger partial charge in [0, 0.05) is 34.8 Å². The van der Waals surface area contributed by atoms with Gasteiger partial charge in [-0.05, 0) is 35.7 Å². The van der Waals surface area contributed by atoms with Crippen LogP contribution in [0.25, 0.3) is 34.0 Å². The molecule has 1 N–H and O–H groups in total. The van der Waals surface area contributed by atoms with Crippen LogP contribution in [0.4, 0.5) is 0 Å². The Kier molecular flexibility index (Phi) is 4.48. The Balaban J connectivity index is 0.00000156. The molecule has 23 heavy (non-hydrogen) atoms. The van der Waals surface area contributed by atoms with E-state index in [-0.39, 0.29) is 24.0 Å². The molecule has 4 rings (SSSR count). The van der Waals surface area contributed by atoms with Gasteiger partial charge in [-0.2, -0.15) is 4.57 Å². The van der Waals surface area contributed by atoms with E-state index in [2.05, 4.69) is 95.5 Å². The SMILES string of the molecule is C[n+]1c(/C=C/c2cc3ccccc3[nH]2)ccc2ccccc21.[I-]. The number of halogens is 1. The number of nitrogens with zero attached hydrogens (tertiary/aromatic N) is 1. The molecule has 0 aliphatic heterocycles. The number of fused-ring (bicyclic) bond motifs is 2. The molecule has 0 saturated heterocycles. The topological polar surface area (TPSA) is 19.7 Å². The fraction of sp³-hybridized carbons (Fsp3) is 0.0500. The van der Waals surface area contributed by atoms with Crippen molar-refractivity contribution in [3.05, 3.63) is 78.1 Å². The van der Waals surface area contributed by atoms with E-state index in [9.17, 15) is 0 Å². The van der Waals surface area contributed by atoms with Crippen molar-refractivity contribution >= 4 is 34.0 Å². The minimum absolute atomic E-state index is 0. The summed E-state index contributed by atoms with van der Waals surface area (Å²) in [6.07, 6.45) is 4.28. The number of aryl methyl sites for hydroxylation is 1. The number of hydrogen-bond donors (Lipinski definition) is 1. The highest BCUT2D eigenvalue weighted by atomic mass is 127. The van der Waals surface area contributed by atoms with Crippen molar-refractivity contribution in [2.24, 2.45) is 7.05 Å². The average molecular weight is 412 g/mol. The number of para-hydroxylation sites is 2. The van der Waals surface area contributed by atoms with Gasteiger partial charge in [0.15, 0.2) is 0 Å². The molecule has 0 aliphatic carbocycles. The lowest BCUT2D eigenvalue weighted by molar-refractivity contribution is -0.646. The maximum atomic E-state index is 3.43. The van der Waals surface area contributed by atoms with Crippen LogP contribution in [0.15, 0.2) is 66.7 Å². The number of benzene rings is 2. The van der Waals surface area contributed by atoms with Gasteiger partial charge in [-0.25, -0.2) is 0 Å². The summed E-state index contributed by atoms with van der Waals surface area (Å²) in [7, 11) is 2.10. The van der Waals surface area contributed by atoms with Crippen LogP contribution in [0.1, 0.15) is 11.4 Å². The smallest absolute Gasteiger partial charge is 0.212 e. The van der Waals surface area contributed by atoms with Crippen LogP contribution in [0.2, 0.25) is 0 Å². The van der Waals surface area contributed by atoms with E-state index in [1.54, 1.807) is 0 Å². The Morgan fingerprint density at radius 3 is 2.39 bits per heavy atom. The quantitative estimate of drug-likeness (QED) is 0.379. The summed E-state index contributed by atoms with van der Waals surface area (Å²) in [4.78, 5) is 3.43. The van der Waals surface area contributed by atoms with E-state index in [0.717, 1.165) is 5.69 Å². The monoisotopic (exact) mass is 412 g/mol. The van der Waals surface area contributed by atoms with Crippen molar-refractivity contribution < 1.29 is 28.5 Å². The number of hydrogen-bond acceptors (Lipinski definition) is 0. The normalized spacial score (nSPS) is 11.2. The zero-order chi connectivity index (χ0) is 14.9. The molecule has 0 unspecified atom stereocenters. The summed E-state index contributed by atoms with van der Waals surface area (Å²) in [6.45, 7) is 0. The number of nitrogens with one attached hydrogen (secondary N) is 1. The number of H-pyrrole nitrogens is 1. The third-order valence-corrected chi connectivity index (χ3v) is 4.10. The molecule has 0 atom stereocenters. The highest BCUT2D eigenvalue weighted by Crippen LogP contribution is 2.17. The van der Waals surface area contributed by atoms with Crippen molar-refractivity contribution in [1.29, 1.82) is 0 Å². The highest BCUT2D eigenvalue weighted by molar-refractivity contribution is 5.84. The summed E-state index contributed by atoms with van der Waals surface area (Å²) in [5, 5.41) is 2.50. The van der Waals surface area contributed by atoms with Gasteiger partial charge < -0.3 is 29.0 Å². The number of pyridine rings is 1. The molecule has 0 fully saturated rings. The summed E-state index contributed by atoms with van der Waals surface area (Å²) in [6, 6.07) is 23.3. The van der Waals surface area contributed by atoms with Gasteiger partial charge >= 0.3 is 0 Å². The molecule has 0 aliphatic rings. The van der Waals surface area contributed by atoms with Gasteiger partial charge in [-0.15, -0.1) is 0 Å². The van der Waals surface area contributed by atoms with Crippen LogP contribution >= 0.6 is 0 Å². The summed E-state index contributed by atoms with van der Waals surface area (Å²) in [5.41, 5.74) is 4.71. The van der Waals surface area contributed by atoms with Crippen LogP contribution in [0.5, 0.6) is 0 Å². The molecule has 0 amide bonds. The van der Waals surface area contributed by atoms with Gasteiger partial charge in [0.1, 0.15) is 7.05 Å². The molecule has 2 aromatic carbocycles. The molecule has 2 heterocycles. The average Bonchev–Trinajstić information content (AvgIpc) is 2.97. The maximum Gasteiger partial charge on any atom is 0.212 e. The van der Waals surface area contributed by atoms with Gasteiger partial charge in [0.2, 0.25) is 11.2 Å². The molecule has 3 heteroatoms. The van der Waals surface area contributed by atoms with Crippen molar-refractivity contribution in [3.63, 3.8) is 0 Å². The maximum absolute atomic E-state index is 3.43. The summed E-state index contributed by atoms with van der Waals surface area (Å²) < 4.78 is 2.22. The van der Waals surface area contributed by atoms with Crippen molar-refractivity contribution in [1.82, 2.24) is 4.98 Å².